The summed E-state index contributed by atoms with van der Waals surface area (Å²) in [5, 5.41) is 19.9. The highest BCUT2D eigenvalue weighted by Crippen LogP contribution is 2.18. The molecule has 0 aromatic heterocycles. The zero-order valence-electron chi connectivity index (χ0n) is 12.3. The lowest BCUT2D eigenvalue weighted by Crippen LogP contribution is -2.41. The van der Waals surface area contributed by atoms with E-state index in [2.05, 4.69) is 5.32 Å². The molecular weight excluding hydrogens is 274 g/mol. The molecule has 1 aromatic carbocycles. The molecule has 6 heteroatoms. The largest absolute Gasteiger partial charge is 0.493 e. The molecule has 1 rings (SSSR count). The number of aliphatic hydroxyl groups excluding tert-OH is 1. The predicted octanol–water partition coefficient (Wildman–Crippen LogP) is 1.02. The number of rotatable bonds is 8. The van der Waals surface area contributed by atoms with Crippen LogP contribution in [0.25, 0.3) is 0 Å². The quantitative estimate of drug-likeness (QED) is 0.665. The summed E-state index contributed by atoms with van der Waals surface area (Å²) < 4.78 is 5.51. The van der Waals surface area contributed by atoms with Crippen LogP contribution in [0, 0.1) is 13.8 Å². The molecule has 1 aromatic rings. The third-order valence-corrected chi connectivity index (χ3v) is 2.97. The first kappa shape index (κ1) is 17.0. The molecule has 116 valence electrons. The van der Waals surface area contributed by atoms with Gasteiger partial charge in [-0.3, -0.25) is 4.79 Å². The van der Waals surface area contributed by atoms with E-state index >= 15 is 0 Å². The van der Waals surface area contributed by atoms with Gasteiger partial charge in [0.2, 0.25) is 5.91 Å². The smallest absolute Gasteiger partial charge is 0.326 e. The molecule has 0 radical (unpaired) electrons. The van der Waals surface area contributed by atoms with Crippen LogP contribution in [-0.2, 0) is 9.59 Å². The number of aliphatic carboxylic acids is 1. The van der Waals surface area contributed by atoms with Gasteiger partial charge in [0.05, 0.1) is 13.0 Å². The standard InChI is InChI=1S/C15H21NO5/c1-10-3-4-13(11(2)9-10)21-8-6-14(18)16-12(5-7-17)15(19)20/h3-4,9,12,17H,5-8H2,1-2H3,(H,16,18)(H,19,20). The predicted molar refractivity (Wildman–Crippen MR) is 77.3 cm³/mol. The fourth-order valence-electron chi connectivity index (χ4n) is 1.87. The summed E-state index contributed by atoms with van der Waals surface area (Å²) in [6.07, 6.45) is 0.0432. The van der Waals surface area contributed by atoms with Crippen LogP contribution in [0.2, 0.25) is 0 Å². The number of aryl methyl sites for hydroxylation is 2. The van der Waals surface area contributed by atoms with Gasteiger partial charge in [-0.05, 0) is 25.5 Å². The third-order valence-electron chi connectivity index (χ3n) is 2.97. The highest BCUT2D eigenvalue weighted by atomic mass is 16.5. The van der Waals surface area contributed by atoms with Gasteiger partial charge in [0.1, 0.15) is 11.8 Å². The molecule has 21 heavy (non-hydrogen) atoms. The van der Waals surface area contributed by atoms with E-state index in [1.54, 1.807) is 0 Å². The molecule has 0 aliphatic carbocycles. The zero-order valence-corrected chi connectivity index (χ0v) is 12.3. The molecule has 1 unspecified atom stereocenters. The van der Waals surface area contributed by atoms with Crippen LogP contribution in [0.4, 0.5) is 0 Å². The molecule has 0 fully saturated rings. The lowest BCUT2D eigenvalue weighted by Gasteiger charge is -2.14. The molecule has 0 spiro atoms. The minimum atomic E-state index is -1.16. The lowest BCUT2D eigenvalue weighted by atomic mass is 10.1. The molecule has 1 atom stereocenters. The first-order chi connectivity index (χ1) is 9.93. The van der Waals surface area contributed by atoms with Crippen LogP contribution in [-0.4, -0.2) is 41.3 Å². The minimum absolute atomic E-state index is 0.0149. The van der Waals surface area contributed by atoms with Gasteiger partial charge >= 0.3 is 5.97 Å². The van der Waals surface area contributed by atoms with E-state index in [0.29, 0.717) is 5.75 Å². The van der Waals surface area contributed by atoms with Crippen molar-refractivity contribution in [1.82, 2.24) is 5.32 Å². The van der Waals surface area contributed by atoms with Crippen LogP contribution in [0.5, 0.6) is 5.75 Å². The van der Waals surface area contributed by atoms with Crippen LogP contribution in [0.15, 0.2) is 18.2 Å². The Kier molecular flexibility index (Phi) is 6.68. The molecule has 1 amide bonds. The first-order valence-electron chi connectivity index (χ1n) is 6.77. The van der Waals surface area contributed by atoms with Crippen molar-refractivity contribution < 1.29 is 24.5 Å². The van der Waals surface area contributed by atoms with E-state index in [0.717, 1.165) is 11.1 Å². The number of hydrogen-bond acceptors (Lipinski definition) is 4. The maximum Gasteiger partial charge on any atom is 0.326 e. The van der Waals surface area contributed by atoms with Crippen LogP contribution in [0.1, 0.15) is 24.0 Å². The number of carbonyl (C=O) groups excluding carboxylic acids is 1. The van der Waals surface area contributed by atoms with Gasteiger partial charge < -0.3 is 20.3 Å². The van der Waals surface area contributed by atoms with Gasteiger partial charge in [-0.2, -0.15) is 0 Å². The Morgan fingerprint density at radius 3 is 2.62 bits per heavy atom. The Balaban J connectivity index is 2.41. The summed E-state index contributed by atoms with van der Waals surface area (Å²) >= 11 is 0. The molecule has 0 saturated heterocycles. The Hall–Kier alpha value is -2.08. The van der Waals surface area contributed by atoms with E-state index in [-0.39, 0.29) is 26.1 Å². The van der Waals surface area contributed by atoms with Crippen molar-refractivity contribution in [2.24, 2.45) is 0 Å². The van der Waals surface area contributed by atoms with Gasteiger partial charge in [0.15, 0.2) is 0 Å². The second-order valence-corrected chi connectivity index (χ2v) is 4.84. The molecule has 0 aliphatic heterocycles. The van der Waals surface area contributed by atoms with Crippen LogP contribution in [0.3, 0.4) is 0 Å². The number of hydrogen-bond donors (Lipinski definition) is 3. The van der Waals surface area contributed by atoms with E-state index in [9.17, 15) is 9.59 Å². The molecule has 3 N–H and O–H groups in total. The van der Waals surface area contributed by atoms with Crippen molar-refractivity contribution in [2.75, 3.05) is 13.2 Å². The fraction of sp³-hybridized carbons (Fsp3) is 0.467. The van der Waals surface area contributed by atoms with E-state index < -0.39 is 17.9 Å². The van der Waals surface area contributed by atoms with Gasteiger partial charge in [-0.1, -0.05) is 17.7 Å². The maximum absolute atomic E-state index is 11.6. The summed E-state index contributed by atoms with van der Waals surface area (Å²) in [6, 6.07) is 4.68. The third kappa shape index (κ3) is 5.83. The number of ether oxygens (including phenoxy) is 1. The molecule has 0 bridgehead atoms. The zero-order chi connectivity index (χ0) is 15.8. The molecular formula is C15H21NO5. The number of carboxylic acid groups (broad SMARTS) is 1. The fourth-order valence-corrected chi connectivity index (χ4v) is 1.87. The van der Waals surface area contributed by atoms with Crippen LogP contribution >= 0.6 is 0 Å². The van der Waals surface area contributed by atoms with Gasteiger partial charge in [-0.15, -0.1) is 0 Å². The summed E-state index contributed by atoms with van der Waals surface area (Å²) in [5.74, 6) is -0.869. The van der Waals surface area contributed by atoms with Crippen molar-refractivity contribution in [1.29, 1.82) is 0 Å². The average Bonchev–Trinajstić information content (AvgIpc) is 2.40. The summed E-state index contributed by atoms with van der Waals surface area (Å²) in [4.78, 5) is 22.5. The average molecular weight is 295 g/mol. The first-order valence-corrected chi connectivity index (χ1v) is 6.77. The van der Waals surface area contributed by atoms with Crippen molar-refractivity contribution in [2.45, 2.75) is 32.7 Å². The topological polar surface area (TPSA) is 95.9 Å². The summed E-state index contributed by atoms with van der Waals surface area (Å²) in [5.41, 5.74) is 2.12. The van der Waals surface area contributed by atoms with E-state index in [1.807, 2.05) is 32.0 Å². The van der Waals surface area contributed by atoms with Crippen LogP contribution < -0.4 is 10.1 Å². The highest BCUT2D eigenvalue weighted by Gasteiger charge is 2.18. The van der Waals surface area contributed by atoms with Crippen molar-refractivity contribution in [3.63, 3.8) is 0 Å². The second kappa shape index (κ2) is 8.26. The number of nitrogens with one attached hydrogen (secondary N) is 1. The molecule has 6 nitrogen and oxygen atoms in total. The monoisotopic (exact) mass is 295 g/mol. The van der Waals surface area contributed by atoms with Crippen molar-refractivity contribution in [3.8, 4) is 5.75 Å². The Morgan fingerprint density at radius 2 is 2.05 bits per heavy atom. The van der Waals surface area contributed by atoms with Crippen molar-refractivity contribution >= 4 is 11.9 Å². The Labute approximate surface area is 123 Å². The molecule has 0 aliphatic rings. The van der Waals surface area contributed by atoms with Gasteiger partial charge in [0, 0.05) is 13.0 Å². The minimum Gasteiger partial charge on any atom is -0.493 e. The number of benzene rings is 1. The lowest BCUT2D eigenvalue weighted by molar-refractivity contribution is -0.142. The molecule has 0 saturated carbocycles. The summed E-state index contributed by atoms with van der Waals surface area (Å²) in [7, 11) is 0. The second-order valence-electron chi connectivity index (χ2n) is 4.84. The SMILES string of the molecule is Cc1ccc(OCCC(=O)NC(CCO)C(=O)O)c(C)c1. The van der Waals surface area contributed by atoms with Crippen molar-refractivity contribution in [3.05, 3.63) is 29.3 Å². The summed E-state index contributed by atoms with van der Waals surface area (Å²) in [6.45, 7) is 3.78. The number of aliphatic hydroxyl groups is 1. The maximum atomic E-state index is 11.6. The van der Waals surface area contributed by atoms with E-state index in [4.69, 9.17) is 14.9 Å². The van der Waals surface area contributed by atoms with E-state index in [1.165, 1.54) is 0 Å². The molecule has 0 heterocycles. The number of carboxylic acids is 1. The number of amides is 1. The highest BCUT2D eigenvalue weighted by molar-refractivity contribution is 5.83. The normalized spacial score (nSPS) is 11.8. The van der Waals surface area contributed by atoms with Gasteiger partial charge in [-0.25, -0.2) is 4.79 Å². The number of carbonyl (C=O) groups is 2. The van der Waals surface area contributed by atoms with Gasteiger partial charge in [0.25, 0.3) is 0 Å². The Morgan fingerprint density at radius 1 is 1.33 bits per heavy atom. The Bertz CT molecular complexity index is 501.